The Morgan fingerprint density at radius 3 is 2.20 bits per heavy atom. The Bertz CT molecular complexity index is 998. The molecule has 0 aromatic heterocycles. The Morgan fingerprint density at radius 2 is 1.67 bits per heavy atom. The van der Waals surface area contributed by atoms with E-state index >= 15 is 0 Å². The monoisotopic (exact) mass is 505 g/mol. The maximum absolute atomic E-state index is 12.9. The zero-order valence-corrected chi connectivity index (χ0v) is 18.6. The van der Waals surface area contributed by atoms with Crippen molar-refractivity contribution in [2.24, 2.45) is 4.99 Å². The summed E-state index contributed by atoms with van der Waals surface area (Å²) in [6.07, 6.45) is 15.8. The van der Waals surface area contributed by atoms with E-state index < -0.39 is 0 Å². The van der Waals surface area contributed by atoms with Crippen LogP contribution < -0.4 is 5.32 Å². The van der Waals surface area contributed by atoms with Gasteiger partial charge in [-0.3, -0.25) is 0 Å². The fourth-order valence-electron chi connectivity index (χ4n) is 2.53. The third kappa shape index (κ3) is 7.25. The van der Waals surface area contributed by atoms with Gasteiger partial charge in [0, 0.05) is 0 Å². The second-order valence-electron chi connectivity index (χ2n) is 6.06. The minimum absolute atomic E-state index is 0. The molecule has 0 saturated heterocycles. The average molecular weight is 504 g/mol. The van der Waals surface area contributed by atoms with E-state index in [-0.39, 0.29) is 28.8 Å². The molecule has 0 spiro atoms. The molecule has 30 heavy (non-hydrogen) atoms. The molecule has 0 atom stereocenters. The van der Waals surface area contributed by atoms with Crippen LogP contribution in [0.5, 0.6) is 0 Å². The molecule has 2 aromatic rings. The number of amides is 1. The topological polar surface area (TPSA) is 41.5 Å². The maximum Gasteiger partial charge on any atom is 2.00 e. The second-order valence-corrected chi connectivity index (χ2v) is 6.87. The van der Waals surface area contributed by atoms with Gasteiger partial charge in [0.1, 0.15) is 0 Å². The molecular weight excluding hydrogens is 486 g/mol. The van der Waals surface area contributed by atoms with E-state index in [0.29, 0.717) is 10.3 Å². The summed E-state index contributed by atoms with van der Waals surface area (Å²) in [7, 11) is 0. The number of hydrogen-bond donors (Lipinski definition) is 1. The van der Waals surface area contributed by atoms with Crippen molar-refractivity contribution in [2.75, 3.05) is 0 Å². The number of rotatable bonds is 2. The molecule has 0 fully saturated rings. The first-order valence-corrected chi connectivity index (χ1v) is 9.79. The van der Waals surface area contributed by atoms with Gasteiger partial charge >= 0.3 is 165 Å². The summed E-state index contributed by atoms with van der Waals surface area (Å²) in [6, 6.07) is 15.3. The summed E-state index contributed by atoms with van der Waals surface area (Å²) in [4.78, 5) is 16.4. The minimum Gasteiger partial charge on any atom is -0.214 e. The molecule has 1 radical (unpaired) electrons. The first kappa shape index (κ1) is 23.5. The first-order chi connectivity index (χ1) is 14.1. The van der Waals surface area contributed by atoms with Gasteiger partial charge in [-0.25, -0.2) is 12.1 Å². The van der Waals surface area contributed by atoms with Gasteiger partial charge < -0.3 is 0 Å². The van der Waals surface area contributed by atoms with E-state index in [1.165, 1.54) is 24.3 Å². The minimum atomic E-state index is -0.381. The van der Waals surface area contributed by atoms with Crippen LogP contribution in [-0.2, 0) is 17.1 Å². The molecule has 151 valence electrons. The predicted molar refractivity (Wildman–Crippen MR) is 116 cm³/mol. The molecule has 6 heteroatoms. The van der Waals surface area contributed by atoms with Crippen LogP contribution in [0.25, 0.3) is 0 Å². The molecule has 1 N–H and O–H groups in total. The van der Waals surface area contributed by atoms with Crippen LogP contribution in [0.15, 0.2) is 119 Å². The standard InChI is InChI=1S/C19H13FN2OSe.C5H5.Fe/c20-16-9-5-15(6-10-16)18(23)22-19(24)21-17-11-7-14(8-12-17)13-3-1-2-4-13;1-2-4-5-3-1;/h1-12H,(H,21,22,23);1-5H;/q2*-1;+2. The third-order valence-corrected chi connectivity index (χ3v) is 4.38. The summed E-state index contributed by atoms with van der Waals surface area (Å²) in [5.41, 5.74) is 3.35. The van der Waals surface area contributed by atoms with Crippen LogP contribution in [-0.4, -0.2) is 26.7 Å². The number of nitrogens with zero attached hydrogens (tertiary/aromatic N) is 1. The maximum atomic E-state index is 12.9. The molecule has 2 aliphatic carbocycles. The molecular formula is C24H18FFeN2OSe. The van der Waals surface area contributed by atoms with Crippen LogP contribution in [0, 0.1) is 12.2 Å². The number of benzene rings is 1. The Labute approximate surface area is 194 Å². The predicted octanol–water partition coefficient (Wildman–Crippen LogP) is 4.56. The van der Waals surface area contributed by atoms with Crippen molar-refractivity contribution >= 4 is 26.7 Å². The van der Waals surface area contributed by atoms with Crippen molar-refractivity contribution < 1.29 is 26.3 Å². The molecule has 0 heterocycles. The number of carbonyl (C=O) groups is 1. The zero-order chi connectivity index (χ0) is 20.5. The van der Waals surface area contributed by atoms with Crippen LogP contribution >= 0.6 is 0 Å². The number of amidine groups is 1. The van der Waals surface area contributed by atoms with Crippen molar-refractivity contribution in [3.05, 3.63) is 132 Å². The molecule has 2 aromatic carbocycles. The molecule has 4 rings (SSSR count). The summed E-state index contributed by atoms with van der Waals surface area (Å²) >= 11 is 2.72. The van der Waals surface area contributed by atoms with Gasteiger partial charge in [0.15, 0.2) is 0 Å². The molecule has 0 saturated carbocycles. The fraction of sp³-hybridized carbons (Fsp3) is 0. The number of nitrogens with one attached hydrogen (secondary N) is 1. The van der Waals surface area contributed by atoms with E-state index in [4.69, 9.17) is 0 Å². The summed E-state index contributed by atoms with van der Waals surface area (Å²) in [6.45, 7) is 0. The number of allylic oxidation sites excluding steroid dienone is 9. The Kier molecular flexibility index (Phi) is 9.46. The van der Waals surface area contributed by atoms with E-state index in [2.05, 4.69) is 26.3 Å². The van der Waals surface area contributed by atoms with E-state index in [0.717, 1.165) is 16.8 Å². The van der Waals surface area contributed by atoms with Crippen molar-refractivity contribution in [1.82, 2.24) is 5.32 Å². The molecule has 0 aliphatic heterocycles. The van der Waals surface area contributed by atoms with Gasteiger partial charge in [0.25, 0.3) is 0 Å². The summed E-state index contributed by atoms with van der Waals surface area (Å²) in [5.74, 6) is -0.727. The van der Waals surface area contributed by atoms with Crippen LogP contribution in [0.3, 0.4) is 0 Å². The Morgan fingerprint density at radius 1 is 1.00 bits per heavy atom. The van der Waals surface area contributed by atoms with Crippen molar-refractivity contribution in [1.29, 1.82) is 0 Å². The molecule has 0 unspecified atom stereocenters. The number of hydrogen-bond acceptors (Lipinski definition) is 2. The summed E-state index contributed by atoms with van der Waals surface area (Å²) in [5, 5.41) is 2.64. The van der Waals surface area contributed by atoms with Crippen molar-refractivity contribution in [3.63, 3.8) is 0 Å². The van der Waals surface area contributed by atoms with Gasteiger partial charge in [0.05, 0.1) is 0 Å². The van der Waals surface area contributed by atoms with E-state index in [1.54, 1.807) is 0 Å². The average Bonchev–Trinajstić information content (AvgIpc) is 3.46. The van der Waals surface area contributed by atoms with Crippen LogP contribution in [0.2, 0.25) is 0 Å². The molecule has 3 nitrogen and oxygen atoms in total. The van der Waals surface area contributed by atoms with Gasteiger partial charge in [-0.1, -0.05) is 0 Å². The van der Waals surface area contributed by atoms with Gasteiger partial charge in [-0.2, -0.15) is 18.2 Å². The summed E-state index contributed by atoms with van der Waals surface area (Å²) < 4.78 is 13.2. The van der Waals surface area contributed by atoms with Gasteiger partial charge in [-0.15, -0.1) is 0 Å². The van der Waals surface area contributed by atoms with Crippen LogP contribution in [0.1, 0.15) is 10.4 Å². The Balaban J connectivity index is 0.000000468. The van der Waals surface area contributed by atoms with Crippen molar-refractivity contribution in [3.8, 4) is 0 Å². The largest absolute Gasteiger partial charge is 2.00 e. The molecule has 0 bridgehead atoms. The second kappa shape index (κ2) is 12.1. The first-order valence-electron chi connectivity index (χ1n) is 8.93. The Hall–Kier alpha value is -2.75. The SMILES string of the molecule is O=C(NC([Se])=NC1=C[CH-]C(=C2C=CC=C2)C=C1)c1ccc(F)cc1.[Fe+2].c1cc[cH-]c1. The third-order valence-electron chi connectivity index (χ3n) is 3.98. The number of carbonyl (C=O) groups excluding carboxylic acids is 1. The zero-order valence-electron chi connectivity index (χ0n) is 15.8. The van der Waals surface area contributed by atoms with Crippen LogP contribution in [0.4, 0.5) is 4.39 Å². The smallest absolute Gasteiger partial charge is 0.214 e. The molecule has 1 amide bonds. The van der Waals surface area contributed by atoms with E-state index in [1.807, 2.05) is 79.3 Å². The number of halogens is 1. The number of aliphatic imine (C=N–C) groups is 1. The fourth-order valence-corrected chi connectivity index (χ4v) is 2.95. The van der Waals surface area contributed by atoms with Gasteiger partial charge in [-0.05, 0) is 0 Å². The normalized spacial score (nSPS) is 14.3. The van der Waals surface area contributed by atoms with E-state index in [9.17, 15) is 9.18 Å². The quantitative estimate of drug-likeness (QED) is 0.277. The van der Waals surface area contributed by atoms with Gasteiger partial charge in [0.2, 0.25) is 0 Å². The molecule has 2 aliphatic rings. The van der Waals surface area contributed by atoms with Crippen molar-refractivity contribution in [2.45, 2.75) is 0 Å².